The molecule has 0 fully saturated rings. The van der Waals surface area contributed by atoms with Gasteiger partial charge in [-0.2, -0.15) is 13.9 Å². The number of nitrogens with zero attached hydrogens (tertiary/aromatic N) is 2. The van der Waals surface area contributed by atoms with Gasteiger partial charge in [-0.15, -0.1) is 0 Å². The Kier molecular flexibility index (Phi) is 5.88. The highest BCUT2D eigenvalue weighted by molar-refractivity contribution is 6.06. The standard InChI is InChI=1S/C20H19F2N3O3/c1-13-11-17(25(24-13)12-14-7-4-3-5-8-14)23-19(26)15-9-6-10-16(27-2)18(15)28-20(21)22/h3-11,20H,12H2,1-2H3,(H,23,26). The van der Waals surface area contributed by atoms with E-state index in [4.69, 9.17) is 4.74 Å². The van der Waals surface area contributed by atoms with Crippen molar-refractivity contribution in [1.82, 2.24) is 9.78 Å². The number of hydrogen-bond acceptors (Lipinski definition) is 4. The highest BCUT2D eigenvalue weighted by atomic mass is 19.3. The second-order valence-electron chi connectivity index (χ2n) is 5.98. The molecular formula is C20H19F2N3O3. The number of carbonyl (C=O) groups is 1. The van der Waals surface area contributed by atoms with E-state index in [1.54, 1.807) is 17.7 Å². The molecule has 0 radical (unpaired) electrons. The first kappa shape index (κ1) is 19.3. The Morgan fingerprint density at radius 2 is 1.93 bits per heavy atom. The highest BCUT2D eigenvalue weighted by Gasteiger charge is 2.21. The van der Waals surface area contributed by atoms with Crippen LogP contribution in [0, 0.1) is 6.92 Å². The van der Waals surface area contributed by atoms with Crippen LogP contribution < -0.4 is 14.8 Å². The zero-order valence-electron chi connectivity index (χ0n) is 15.4. The second kappa shape index (κ2) is 8.51. The molecule has 3 aromatic rings. The van der Waals surface area contributed by atoms with Crippen LogP contribution in [-0.4, -0.2) is 29.4 Å². The highest BCUT2D eigenvalue weighted by Crippen LogP contribution is 2.33. The van der Waals surface area contributed by atoms with Gasteiger partial charge in [-0.05, 0) is 24.6 Å². The van der Waals surface area contributed by atoms with Gasteiger partial charge >= 0.3 is 6.61 Å². The van der Waals surface area contributed by atoms with Gasteiger partial charge in [0.25, 0.3) is 5.91 Å². The molecule has 146 valence electrons. The first-order chi connectivity index (χ1) is 13.5. The van der Waals surface area contributed by atoms with E-state index in [0.717, 1.165) is 5.56 Å². The van der Waals surface area contributed by atoms with Gasteiger partial charge in [-0.25, -0.2) is 4.68 Å². The van der Waals surface area contributed by atoms with Crippen LogP contribution in [0.4, 0.5) is 14.6 Å². The first-order valence-corrected chi connectivity index (χ1v) is 8.49. The molecule has 8 heteroatoms. The quantitative estimate of drug-likeness (QED) is 0.663. The summed E-state index contributed by atoms with van der Waals surface area (Å²) in [5.41, 5.74) is 1.65. The minimum Gasteiger partial charge on any atom is -0.493 e. The summed E-state index contributed by atoms with van der Waals surface area (Å²) in [7, 11) is 1.31. The number of aryl methyl sites for hydroxylation is 1. The zero-order valence-corrected chi connectivity index (χ0v) is 15.4. The van der Waals surface area contributed by atoms with Crippen LogP contribution in [0.25, 0.3) is 0 Å². The number of anilines is 1. The summed E-state index contributed by atoms with van der Waals surface area (Å²) < 4.78 is 36.8. The van der Waals surface area contributed by atoms with Crippen LogP contribution in [0.5, 0.6) is 11.5 Å². The lowest BCUT2D eigenvalue weighted by Crippen LogP contribution is -2.18. The van der Waals surface area contributed by atoms with Crippen molar-refractivity contribution in [2.24, 2.45) is 0 Å². The van der Waals surface area contributed by atoms with E-state index in [1.807, 2.05) is 30.3 Å². The molecule has 0 aliphatic rings. The number of benzene rings is 2. The van der Waals surface area contributed by atoms with Crippen molar-refractivity contribution in [3.8, 4) is 11.5 Å². The maximum absolute atomic E-state index is 12.8. The fourth-order valence-electron chi connectivity index (χ4n) is 2.77. The molecule has 0 saturated heterocycles. The molecule has 0 aliphatic heterocycles. The van der Waals surface area contributed by atoms with E-state index in [-0.39, 0.29) is 17.1 Å². The van der Waals surface area contributed by atoms with E-state index >= 15 is 0 Å². The number of amides is 1. The summed E-state index contributed by atoms with van der Waals surface area (Å²) >= 11 is 0. The number of methoxy groups -OCH3 is 1. The van der Waals surface area contributed by atoms with Crippen LogP contribution >= 0.6 is 0 Å². The number of alkyl halides is 2. The van der Waals surface area contributed by atoms with Crippen molar-refractivity contribution >= 4 is 11.7 Å². The van der Waals surface area contributed by atoms with Crippen molar-refractivity contribution in [1.29, 1.82) is 0 Å². The first-order valence-electron chi connectivity index (χ1n) is 8.49. The fraction of sp³-hybridized carbons (Fsp3) is 0.200. The van der Waals surface area contributed by atoms with Gasteiger partial charge in [0.1, 0.15) is 5.82 Å². The maximum Gasteiger partial charge on any atom is 0.387 e. The molecule has 6 nitrogen and oxygen atoms in total. The van der Waals surface area contributed by atoms with Crippen molar-refractivity contribution in [3.63, 3.8) is 0 Å². The molecule has 3 rings (SSSR count). The molecule has 1 aromatic heterocycles. The van der Waals surface area contributed by atoms with Gasteiger partial charge in [0, 0.05) is 6.07 Å². The van der Waals surface area contributed by atoms with Crippen molar-refractivity contribution < 1.29 is 23.0 Å². The van der Waals surface area contributed by atoms with Crippen molar-refractivity contribution in [2.75, 3.05) is 12.4 Å². The third kappa shape index (κ3) is 4.46. The predicted molar refractivity (Wildman–Crippen MR) is 100 cm³/mol. The van der Waals surface area contributed by atoms with Crippen LogP contribution in [0.15, 0.2) is 54.6 Å². The Balaban J connectivity index is 1.88. The number of halogens is 2. The zero-order chi connectivity index (χ0) is 20.1. The van der Waals surface area contributed by atoms with E-state index in [9.17, 15) is 13.6 Å². The molecular weight excluding hydrogens is 368 g/mol. The number of nitrogens with one attached hydrogen (secondary N) is 1. The summed E-state index contributed by atoms with van der Waals surface area (Å²) in [5.74, 6) is -0.439. The summed E-state index contributed by atoms with van der Waals surface area (Å²) in [4.78, 5) is 12.8. The smallest absolute Gasteiger partial charge is 0.387 e. The lowest BCUT2D eigenvalue weighted by molar-refractivity contribution is -0.0515. The molecule has 0 aliphatic carbocycles. The molecule has 0 saturated carbocycles. The lowest BCUT2D eigenvalue weighted by Gasteiger charge is -2.14. The molecule has 0 unspecified atom stereocenters. The SMILES string of the molecule is COc1cccc(C(=O)Nc2cc(C)nn2Cc2ccccc2)c1OC(F)F. The van der Waals surface area contributed by atoms with Gasteiger partial charge < -0.3 is 14.8 Å². The third-order valence-electron chi connectivity index (χ3n) is 3.97. The summed E-state index contributed by atoms with van der Waals surface area (Å²) in [6, 6.07) is 15.7. The molecule has 1 N–H and O–H groups in total. The minimum absolute atomic E-state index is 0.0434. The lowest BCUT2D eigenvalue weighted by atomic mass is 10.1. The normalized spacial score (nSPS) is 10.8. The fourth-order valence-corrected chi connectivity index (χ4v) is 2.77. The Hall–Kier alpha value is -3.42. The van der Waals surface area contributed by atoms with E-state index in [2.05, 4.69) is 15.2 Å². The molecule has 2 aromatic carbocycles. The van der Waals surface area contributed by atoms with Gasteiger partial charge in [0.15, 0.2) is 11.5 Å². The Morgan fingerprint density at radius 1 is 1.18 bits per heavy atom. The summed E-state index contributed by atoms with van der Waals surface area (Å²) in [6.07, 6.45) is 0. The van der Waals surface area contributed by atoms with Crippen molar-refractivity contribution in [3.05, 3.63) is 71.4 Å². The predicted octanol–water partition coefficient (Wildman–Crippen LogP) is 4.10. The maximum atomic E-state index is 12.8. The average molecular weight is 387 g/mol. The van der Waals surface area contributed by atoms with E-state index in [0.29, 0.717) is 18.1 Å². The van der Waals surface area contributed by atoms with Gasteiger partial charge in [-0.3, -0.25) is 4.79 Å². The van der Waals surface area contributed by atoms with Crippen LogP contribution in [-0.2, 0) is 6.54 Å². The molecule has 0 bridgehead atoms. The van der Waals surface area contributed by atoms with Crippen LogP contribution in [0.1, 0.15) is 21.6 Å². The number of carbonyl (C=O) groups excluding carboxylic acids is 1. The topological polar surface area (TPSA) is 65.4 Å². The minimum atomic E-state index is -3.09. The van der Waals surface area contributed by atoms with E-state index in [1.165, 1.54) is 25.3 Å². The molecule has 28 heavy (non-hydrogen) atoms. The Morgan fingerprint density at radius 3 is 2.61 bits per heavy atom. The summed E-state index contributed by atoms with van der Waals surface area (Å²) in [5, 5.41) is 7.10. The second-order valence-corrected chi connectivity index (χ2v) is 5.98. The average Bonchev–Trinajstić information content (AvgIpc) is 3.00. The van der Waals surface area contributed by atoms with Gasteiger partial charge in [0.2, 0.25) is 0 Å². The van der Waals surface area contributed by atoms with Crippen LogP contribution in [0.3, 0.4) is 0 Å². The molecule has 0 spiro atoms. The Bertz CT molecular complexity index is 959. The third-order valence-corrected chi connectivity index (χ3v) is 3.97. The number of ether oxygens (including phenoxy) is 2. The number of hydrogen-bond donors (Lipinski definition) is 1. The number of aromatic nitrogens is 2. The Labute approximate surface area is 160 Å². The largest absolute Gasteiger partial charge is 0.493 e. The molecule has 1 amide bonds. The number of rotatable bonds is 7. The van der Waals surface area contributed by atoms with Crippen LogP contribution in [0.2, 0.25) is 0 Å². The van der Waals surface area contributed by atoms with Gasteiger partial charge in [-0.1, -0.05) is 36.4 Å². The van der Waals surface area contributed by atoms with E-state index < -0.39 is 12.5 Å². The molecule has 0 atom stereocenters. The summed E-state index contributed by atoms with van der Waals surface area (Å²) in [6.45, 7) is -0.842. The van der Waals surface area contributed by atoms with Crippen molar-refractivity contribution in [2.45, 2.75) is 20.1 Å². The number of para-hydroxylation sites is 1. The monoisotopic (exact) mass is 387 g/mol. The van der Waals surface area contributed by atoms with Gasteiger partial charge in [0.05, 0.1) is 24.9 Å². The molecule has 1 heterocycles.